The molecule has 3 aromatic rings. The van der Waals surface area contributed by atoms with E-state index in [9.17, 15) is 9.90 Å². The lowest BCUT2D eigenvalue weighted by atomic mass is 10.1. The third-order valence-corrected chi connectivity index (χ3v) is 6.10. The Morgan fingerprint density at radius 1 is 1.31 bits per heavy atom. The number of hydrogen-bond acceptors (Lipinski definition) is 9. The molecule has 2 aromatic heterocycles. The molecule has 1 aromatic carbocycles. The van der Waals surface area contributed by atoms with Crippen molar-refractivity contribution in [1.29, 1.82) is 0 Å². The van der Waals surface area contributed by atoms with Crippen LogP contribution in [0.3, 0.4) is 0 Å². The number of ether oxygens (including phenoxy) is 2. The molecule has 1 atom stereocenters. The SMILES string of the molecule is COc1ccc2c(O)c(C=C3N=Nc4ncccc43)oc2c1CN1CC[C@@H](NC(=O)OC(C)(C)C)C1. The highest BCUT2D eigenvalue weighted by atomic mass is 16.6. The number of hydrogen-bond donors (Lipinski definition) is 2. The van der Waals surface area contributed by atoms with E-state index >= 15 is 0 Å². The minimum Gasteiger partial charge on any atom is -0.504 e. The highest BCUT2D eigenvalue weighted by molar-refractivity contribution is 5.94. The molecule has 2 aliphatic heterocycles. The quantitative estimate of drug-likeness (QED) is 0.501. The molecule has 2 aliphatic rings. The van der Waals surface area contributed by atoms with Crippen LogP contribution in [0.1, 0.15) is 44.1 Å². The molecule has 4 heterocycles. The van der Waals surface area contributed by atoms with Crippen LogP contribution in [-0.2, 0) is 11.3 Å². The average Bonchev–Trinajstić information content (AvgIpc) is 3.52. The van der Waals surface area contributed by atoms with E-state index in [0.29, 0.717) is 41.3 Å². The Balaban J connectivity index is 1.39. The van der Waals surface area contributed by atoms with Gasteiger partial charge in [-0.05, 0) is 51.5 Å². The number of carbonyl (C=O) groups excluding carboxylic acids is 1. The number of likely N-dealkylation sites (tertiary alicyclic amines) is 1. The highest BCUT2D eigenvalue weighted by Gasteiger charge is 2.28. The molecule has 10 nitrogen and oxygen atoms in total. The van der Waals surface area contributed by atoms with Gasteiger partial charge in [-0.15, -0.1) is 10.2 Å². The van der Waals surface area contributed by atoms with Crippen molar-refractivity contribution < 1.29 is 23.8 Å². The van der Waals surface area contributed by atoms with Gasteiger partial charge < -0.3 is 24.3 Å². The summed E-state index contributed by atoms with van der Waals surface area (Å²) in [5, 5.41) is 22.7. The Bertz CT molecular complexity index is 1370. The van der Waals surface area contributed by atoms with Gasteiger partial charge in [0.05, 0.1) is 18.1 Å². The molecular weight excluding hydrogens is 462 g/mol. The first-order valence-electron chi connectivity index (χ1n) is 11.8. The number of aromatic hydroxyl groups is 1. The Kier molecular flexibility index (Phi) is 6.13. The first-order valence-corrected chi connectivity index (χ1v) is 11.8. The van der Waals surface area contributed by atoms with Crippen LogP contribution in [0.2, 0.25) is 0 Å². The molecule has 1 fully saturated rings. The molecule has 36 heavy (non-hydrogen) atoms. The van der Waals surface area contributed by atoms with Gasteiger partial charge in [0, 0.05) is 43.5 Å². The normalized spacial score (nSPS) is 18.7. The van der Waals surface area contributed by atoms with Crippen molar-refractivity contribution in [2.75, 3.05) is 20.2 Å². The number of alkyl carbamates (subject to hydrolysis) is 1. The zero-order valence-electron chi connectivity index (χ0n) is 20.7. The Hall–Kier alpha value is -3.92. The van der Waals surface area contributed by atoms with Crippen LogP contribution in [0.25, 0.3) is 22.7 Å². The molecule has 0 aliphatic carbocycles. The third kappa shape index (κ3) is 4.76. The van der Waals surface area contributed by atoms with Crippen molar-refractivity contribution >= 4 is 34.7 Å². The lowest BCUT2D eigenvalue weighted by Crippen LogP contribution is -2.40. The maximum Gasteiger partial charge on any atom is 0.407 e. The Morgan fingerprint density at radius 2 is 2.14 bits per heavy atom. The van der Waals surface area contributed by atoms with Crippen molar-refractivity contribution in [3.8, 4) is 11.5 Å². The van der Waals surface area contributed by atoms with Crippen molar-refractivity contribution in [2.24, 2.45) is 10.2 Å². The number of carbonyl (C=O) groups is 1. The lowest BCUT2D eigenvalue weighted by molar-refractivity contribution is 0.0505. The number of methoxy groups -OCH3 is 1. The van der Waals surface area contributed by atoms with Gasteiger partial charge >= 0.3 is 6.09 Å². The van der Waals surface area contributed by atoms with Crippen molar-refractivity contribution in [3.05, 3.63) is 47.3 Å². The number of benzene rings is 1. The number of furan rings is 1. The van der Waals surface area contributed by atoms with Gasteiger partial charge in [-0.2, -0.15) is 0 Å². The molecule has 5 rings (SSSR count). The molecule has 188 valence electrons. The minimum absolute atomic E-state index is 0.0169. The van der Waals surface area contributed by atoms with Crippen LogP contribution in [0.5, 0.6) is 11.5 Å². The first-order chi connectivity index (χ1) is 17.2. The third-order valence-electron chi connectivity index (χ3n) is 6.10. The number of rotatable bonds is 5. The number of amides is 1. The number of pyridine rings is 1. The fraction of sp³-hybridized carbons (Fsp3) is 0.385. The summed E-state index contributed by atoms with van der Waals surface area (Å²) in [4.78, 5) is 18.6. The highest BCUT2D eigenvalue weighted by Crippen LogP contribution is 2.42. The fourth-order valence-corrected chi connectivity index (χ4v) is 4.50. The summed E-state index contributed by atoms with van der Waals surface area (Å²) in [7, 11) is 1.61. The van der Waals surface area contributed by atoms with Crippen molar-refractivity contribution in [2.45, 2.75) is 45.4 Å². The molecule has 0 saturated carbocycles. The van der Waals surface area contributed by atoms with Crippen molar-refractivity contribution in [1.82, 2.24) is 15.2 Å². The van der Waals surface area contributed by atoms with Gasteiger partial charge in [0.15, 0.2) is 17.3 Å². The second-order valence-corrected chi connectivity index (χ2v) is 9.91. The average molecular weight is 492 g/mol. The summed E-state index contributed by atoms with van der Waals surface area (Å²) in [6, 6.07) is 7.27. The number of nitrogens with one attached hydrogen (secondary N) is 1. The second-order valence-electron chi connectivity index (χ2n) is 9.91. The summed E-state index contributed by atoms with van der Waals surface area (Å²) in [5.74, 6) is 1.51. The van der Waals surface area contributed by atoms with E-state index in [1.54, 1.807) is 25.4 Å². The molecule has 0 radical (unpaired) electrons. The minimum atomic E-state index is -0.544. The van der Waals surface area contributed by atoms with E-state index in [4.69, 9.17) is 13.9 Å². The summed E-state index contributed by atoms with van der Waals surface area (Å²) >= 11 is 0. The maximum absolute atomic E-state index is 12.2. The predicted octanol–water partition coefficient (Wildman–Crippen LogP) is 5.24. The largest absolute Gasteiger partial charge is 0.504 e. The van der Waals surface area contributed by atoms with Crippen LogP contribution >= 0.6 is 0 Å². The maximum atomic E-state index is 12.2. The summed E-state index contributed by atoms with van der Waals surface area (Å²) in [5.41, 5.74) is 2.16. The number of nitrogens with zero attached hydrogens (tertiary/aromatic N) is 4. The molecule has 1 amide bonds. The summed E-state index contributed by atoms with van der Waals surface area (Å²) in [6.45, 7) is 7.50. The van der Waals surface area contributed by atoms with E-state index in [1.165, 1.54) is 0 Å². The number of aromatic nitrogens is 1. The lowest BCUT2D eigenvalue weighted by Gasteiger charge is -2.22. The van der Waals surface area contributed by atoms with Gasteiger partial charge in [0.1, 0.15) is 22.6 Å². The molecule has 1 saturated heterocycles. The van der Waals surface area contributed by atoms with Gasteiger partial charge in [0.25, 0.3) is 0 Å². The van der Waals surface area contributed by atoms with Gasteiger partial charge in [-0.25, -0.2) is 9.78 Å². The van der Waals surface area contributed by atoms with Crippen LogP contribution < -0.4 is 10.1 Å². The smallest absolute Gasteiger partial charge is 0.407 e. The van der Waals surface area contributed by atoms with Crippen molar-refractivity contribution in [3.63, 3.8) is 0 Å². The zero-order valence-corrected chi connectivity index (χ0v) is 20.7. The van der Waals surface area contributed by atoms with Crippen LogP contribution in [0, 0.1) is 0 Å². The van der Waals surface area contributed by atoms with Gasteiger partial charge in [0.2, 0.25) is 0 Å². The van der Waals surface area contributed by atoms with Crippen LogP contribution in [-0.4, -0.2) is 52.9 Å². The van der Waals surface area contributed by atoms with E-state index in [2.05, 4.69) is 25.4 Å². The topological polar surface area (TPSA) is 122 Å². The Labute approximate surface area is 208 Å². The monoisotopic (exact) mass is 491 g/mol. The number of fused-ring (bicyclic) bond motifs is 2. The first kappa shape index (κ1) is 23.8. The molecule has 0 bridgehead atoms. The zero-order chi connectivity index (χ0) is 25.4. The van der Waals surface area contributed by atoms with E-state index in [0.717, 1.165) is 24.1 Å². The molecule has 0 unspecified atom stereocenters. The van der Waals surface area contributed by atoms with E-state index in [-0.39, 0.29) is 17.6 Å². The second kappa shape index (κ2) is 9.27. The standard InChI is InChI=1S/C26H29N5O5/c1-26(2,3)36-25(33)28-15-9-11-31(13-15)14-18-20(34-4)8-7-17-22(32)21(35-23(17)18)12-19-16-6-5-10-27-24(16)30-29-19/h5-8,10,12,15,32H,9,11,13-14H2,1-4H3,(H,28,33)/t15-/m1/s1. The molecule has 0 spiro atoms. The van der Waals surface area contributed by atoms with Gasteiger partial charge in [-0.3, -0.25) is 4.90 Å². The molecular formula is C26H29N5O5. The molecule has 2 N–H and O–H groups in total. The van der Waals surface area contributed by atoms with Crippen LogP contribution in [0.4, 0.5) is 10.6 Å². The Morgan fingerprint density at radius 3 is 2.92 bits per heavy atom. The molecule has 10 heteroatoms. The predicted molar refractivity (Wildman–Crippen MR) is 134 cm³/mol. The van der Waals surface area contributed by atoms with E-state index < -0.39 is 11.7 Å². The summed E-state index contributed by atoms with van der Waals surface area (Å²) < 4.78 is 17.2. The van der Waals surface area contributed by atoms with Crippen LogP contribution in [0.15, 0.2) is 45.1 Å². The van der Waals surface area contributed by atoms with E-state index in [1.807, 2.05) is 39.0 Å². The number of azo groups is 1. The fourth-order valence-electron chi connectivity index (χ4n) is 4.50. The summed E-state index contributed by atoms with van der Waals surface area (Å²) in [6.07, 6.45) is 3.71. The van der Waals surface area contributed by atoms with Gasteiger partial charge in [-0.1, -0.05) is 0 Å².